The van der Waals surface area contributed by atoms with Crippen molar-refractivity contribution < 1.29 is 4.74 Å². The molecule has 1 fully saturated rings. The van der Waals surface area contributed by atoms with Gasteiger partial charge in [0.05, 0.1) is 0 Å². The van der Waals surface area contributed by atoms with Gasteiger partial charge in [-0.15, -0.1) is 0 Å². The molecule has 0 aromatic carbocycles. The van der Waals surface area contributed by atoms with Crippen molar-refractivity contribution in [3.05, 3.63) is 0 Å². The predicted molar refractivity (Wildman–Crippen MR) is 63.4 cm³/mol. The van der Waals surface area contributed by atoms with Crippen LogP contribution in [0.15, 0.2) is 0 Å². The lowest BCUT2D eigenvalue weighted by molar-refractivity contribution is 0.121. The van der Waals surface area contributed by atoms with Crippen LogP contribution in [0.2, 0.25) is 0 Å². The zero-order chi connectivity index (χ0) is 10.9. The average molecular weight is 214 g/mol. The number of nitrogens with one attached hydrogen (secondary N) is 1. The van der Waals surface area contributed by atoms with Crippen LogP contribution in [0.25, 0.3) is 0 Å². The fraction of sp³-hybridized carbons (Fsp3) is 1.00. The molecule has 0 bridgehead atoms. The van der Waals surface area contributed by atoms with Crippen LogP contribution in [0.1, 0.15) is 51.9 Å². The number of ether oxygens (including phenoxy) is 1. The van der Waals surface area contributed by atoms with Crippen LogP contribution in [-0.2, 0) is 4.74 Å². The summed E-state index contributed by atoms with van der Waals surface area (Å²) in [7, 11) is 0. The summed E-state index contributed by atoms with van der Waals surface area (Å²) in [5.74, 6) is 6.46. The van der Waals surface area contributed by atoms with E-state index in [-0.39, 0.29) is 0 Å². The van der Waals surface area contributed by atoms with Gasteiger partial charge >= 0.3 is 0 Å². The van der Waals surface area contributed by atoms with Crippen LogP contribution in [0, 0.1) is 5.92 Å². The second kappa shape index (κ2) is 8.08. The Bertz CT molecular complexity index is 147. The van der Waals surface area contributed by atoms with Crippen LogP contribution in [-0.4, -0.2) is 19.3 Å². The summed E-state index contributed by atoms with van der Waals surface area (Å²) >= 11 is 0. The third-order valence-electron chi connectivity index (χ3n) is 3.29. The fourth-order valence-corrected chi connectivity index (χ4v) is 2.39. The SMILES string of the molecule is CCCOCCC(CC1CCCC1)NN. The van der Waals surface area contributed by atoms with Crippen LogP contribution in [0.5, 0.6) is 0 Å². The van der Waals surface area contributed by atoms with Gasteiger partial charge < -0.3 is 4.74 Å². The lowest BCUT2D eigenvalue weighted by Gasteiger charge is -2.19. The van der Waals surface area contributed by atoms with Gasteiger partial charge in [0, 0.05) is 19.3 Å². The molecule has 1 unspecified atom stereocenters. The summed E-state index contributed by atoms with van der Waals surface area (Å²) in [6.07, 6.45) is 8.99. The van der Waals surface area contributed by atoms with Gasteiger partial charge in [-0.3, -0.25) is 11.3 Å². The molecular weight excluding hydrogens is 188 g/mol. The van der Waals surface area contributed by atoms with Gasteiger partial charge in [-0.05, 0) is 25.2 Å². The number of hydrogen-bond donors (Lipinski definition) is 2. The molecule has 0 aliphatic heterocycles. The minimum Gasteiger partial charge on any atom is -0.381 e. The highest BCUT2D eigenvalue weighted by Gasteiger charge is 2.19. The maximum absolute atomic E-state index is 5.56. The first kappa shape index (κ1) is 12.9. The van der Waals surface area contributed by atoms with Gasteiger partial charge in [-0.1, -0.05) is 32.6 Å². The molecule has 0 amide bonds. The zero-order valence-electron chi connectivity index (χ0n) is 10.0. The fourth-order valence-electron chi connectivity index (χ4n) is 2.39. The molecule has 0 radical (unpaired) electrons. The zero-order valence-corrected chi connectivity index (χ0v) is 10.0. The molecule has 3 heteroatoms. The van der Waals surface area contributed by atoms with Gasteiger partial charge in [0.15, 0.2) is 0 Å². The Kier molecular flexibility index (Phi) is 6.98. The van der Waals surface area contributed by atoms with Crippen molar-refractivity contribution in [3.8, 4) is 0 Å². The average Bonchev–Trinajstić information content (AvgIpc) is 2.75. The van der Waals surface area contributed by atoms with Crippen molar-refractivity contribution in [2.75, 3.05) is 13.2 Å². The maximum Gasteiger partial charge on any atom is 0.0481 e. The van der Waals surface area contributed by atoms with Crippen molar-refractivity contribution in [1.82, 2.24) is 5.43 Å². The van der Waals surface area contributed by atoms with Crippen molar-refractivity contribution in [1.29, 1.82) is 0 Å². The summed E-state index contributed by atoms with van der Waals surface area (Å²) in [5, 5.41) is 0. The standard InChI is InChI=1S/C12H26N2O/c1-2-8-15-9-7-12(14-13)10-11-5-3-4-6-11/h11-12,14H,2-10,13H2,1H3. The van der Waals surface area contributed by atoms with E-state index in [2.05, 4.69) is 12.3 Å². The van der Waals surface area contributed by atoms with Crippen LogP contribution in [0.4, 0.5) is 0 Å². The van der Waals surface area contributed by atoms with E-state index in [4.69, 9.17) is 10.6 Å². The predicted octanol–water partition coefficient (Wildman–Crippen LogP) is 2.22. The Morgan fingerprint density at radius 3 is 2.67 bits per heavy atom. The summed E-state index contributed by atoms with van der Waals surface area (Å²) in [6, 6.07) is 0.449. The van der Waals surface area contributed by atoms with E-state index in [0.717, 1.165) is 32.0 Å². The number of hydrazine groups is 1. The van der Waals surface area contributed by atoms with Crippen molar-refractivity contribution in [2.24, 2.45) is 11.8 Å². The number of nitrogens with two attached hydrogens (primary N) is 1. The Labute approximate surface area is 93.7 Å². The molecule has 1 aliphatic rings. The number of rotatable bonds is 8. The molecule has 0 aromatic rings. The number of hydrogen-bond acceptors (Lipinski definition) is 3. The quantitative estimate of drug-likeness (QED) is 0.370. The molecule has 90 valence electrons. The van der Waals surface area contributed by atoms with E-state index in [1.165, 1.54) is 32.1 Å². The van der Waals surface area contributed by atoms with E-state index in [1.807, 2.05) is 0 Å². The first-order valence-electron chi connectivity index (χ1n) is 6.40. The highest BCUT2D eigenvalue weighted by molar-refractivity contribution is 4.74. The third-order valence-corrected chi connectivity index (χ3v) is 3.29. The molecule has 1 aliphatic carbocycles. The highest BCUT2D eigenvalue weighted by atomic mass is 16.5. The van der Waals surface area contributed by atoms with Gasteiger partial charge in [-0.25, -0.2) is 0 Å². The molecule has 1 saturated carbocycles. The molecule has 1 rings (SSSR count). The molecule has 0 saturated heterocycles. The summed E-state index contributed by atoms with van der Waals surface area (Å²) in [5.41, 5.74) is 2.93. The topological polar surface area (TPSA) is 47.3 Å². The molecule has 0 aromatic heterocycles. The molecular formula is C12H26N2O. The molecule has 3 N–H and O–H groups in total. The first-order chi connectivity index (χ1) is 7.36. The van der Waals surface area contributed by atoms with Gasteiger partial charge in [0.2, 0.25) is 0 Å². The van der Waals surface area contributed by atoms with Crippen LogP contribution in [0.3, 0.4) is 0 Å². The third kappa shape index (κ3) is 5.50. The normalized spacial score (nSPS) is 19.6. The van der Waals surface area contributed by atoms with Crippen molar-refractivity contribution >= 4 is 0 Å². The lowest BCUT2D eigenvalue weighted by atomic mass is 9.97. The molecule has 1 atom stereocenters. The van der Waals surface area contributed by atoms with Crippen LogP contribution < -0.4 is 11.3 Å². The monoisotopic (exact) mass is 214 g/mol. The van der Waals surface area contributed by atoms with E-state index < -0.39 is 0 Å². The Morgan fingerprint density at radius 1 is 1.33 bits per heavy atom. The van der Waals surface area contributed by atoms with Crippen molar-refractivity contribution in [3.63, 3.8) is 0 Å². The van der Waals surface area contributed by atoms with Gasteiger partial charge in [0.25, 0.3) is 0 Å². The summed E-state index contributed by atoms with van der Waals surface area (Å²) in [6.45, 7) is 3.85. The second-order valence-electron chi connectivity index (χ2n) is 4.65. The van der Waals surface area contributed by atoms with E-state index in [1.54, 1.807) is 0 Å². The molecule has 15 heavy (non-hydrogen) atoms. The van der Waals surface area contributed by atoms with E-state index >= 15 is 0 Å². The second-order valence-corrected chi connectivity index (χ2v) is 4.65. The molecule has 0 heterocycles. The Hall–Kier alpha value is -0.120. The summed E-state index contributed by atoms with van der Waals surface area (Å²) < 4.78 is 5.48. The smallest absolute Gasteiger partial charge is 0.0481 e. The van der Waals surface area contributed by atoms with Gasteiger partial charge in [0.1, 0.15) is 0 Å². The minimum absolute atomic E-state index is 0.449. The Balaban J connectivity index is 2.06. The van der Waals surface area contributed by atoms with Gasteiger partial charge in [-0.2, -0.15) is 0 Å². The minimum atomic E-state index is 0.449. The van der Waals surface area contributed by atoms with Crippen LogP contribution >= 0.6 is 0 Å². The summed E-state index contributed by atoms with van der Waals surface area (Å²) in [4.78, 5) is 0. The molecule has 3 nitrogen and oxygen atoms in total. The van der Waals surface area contributed by atoms with E-state index in [9.17, 15) is 0 Å². The highest BCUT2D eigenvalue weighted by Crippen LogP contribution is 2.28. The van der Waals surface area contributed by atoms with E-state index in [0.29, 0.717) is 6.04 Å². The first-order valence-corrected chi connectivity index (χ1v) is 6.40. The lowest BCUT2D eigenvalue weighted by Crippen LogP contribution is -2.37. The molecule has 0 spiro atoms. The largest absolute Gasteiger partial charge is 0.381 e. The Morgan fingerprint density at radius 2 is 2.07 bits per heavy atom. The maximum atomic E-state index is 5.56. The van der Waals surface area contributed by atoms with Crippen molar-refractivity contribution in [2.45, 2.75) is 57.9 Å².